The van der Waals surface area contributed by atoms with E-state index in [9.17, 15) is 20.0 Å². The summed E-state index contributed by atoms with van der Waals surface area (Å²) in [5.74, 6) is -0.857. The van der Waals surface area contributed by atoms with Gasteiger partial charge in [0.2, 0.25) is 0 Å². The van der Waals surface area contributed by atoms with E-state index < -0.39 is 12.0 Å². The number of aromatic nitrogens is 4. The molecule has 1 atom stereocenters. The van der Waals surface area contributed by atoms with Crippen molar-refractivity contribution in [1.82, 2.24) is 19.5 Å². The molecule has 3 aromatic heterocycles. The summed E-state index contributed by atoms with van der Waals surface area (Å²) in [6.07, 6.45) is 2.98. The molecule has 0 aliphatic carbocycles. The number of rotatable bonds is 5. The highest BCUT2D eigenvalue weighted by molar-refractivity contribution is 6.29. The fraction of sp³-hybridized carbons (Fsp3) is 0.167. The van der Waals surface area contributed by atoms with Crippen LogP contribution in [0.15, 0.2) is 47.5 Å². The van der Waals surface area contributed by atoms with Gasteiger partial charge in [-0.15, -0.1) is 0 Å². The Bertz CT molecular complexity index is 1560. The molecule has 0 spiro atoms. The second-order valence-electron chi connectivity index (χ2n) is 7.83. The van der Waals surface area contributed by atoms with Crippen molar-refractivity contribution in [2.24, 2.45) is 7.05 Å². The largest absolute Gasteiger partial charge is 0.476 e. The predicted molar refractivity (Wildman–Crippen MR) is 128 cm³/mol. The molecule has 0 radical (unpaired) electrons. The number of pyridine rings is 2. The van der Waals surface area contributed by atoms with Crippen LogP contribution in [0.4, 0.5) is 5.69 Å². The minimum absolute atomic E-state index is 0.0691. The van der Waals surface area contributed by atoms with Gasteiger partial charge in [-0.1, -0.05) is 17.7 Å². The van der Waals surface area contributed by atoms with E-state index in [1.54, 1.807) is 31.4 Å². The molecule has 170 valence electrons. The number of halogens is 1. The molecular formula is C24H19ClN6O3. The summed E-state index contributed by atoms with van der Waals surface area (Å²) in [4.78, 5) is 37.7. The zero-order chi connectivity index (χ0) is 24.6. The van der Waals surface area contributed by atoms with Crippen LogP contribution in [-0.4, -0.2) is 30.6 Å². The minimum atomic E-state index is -1.22. The first-order valence-electron chi connectivity index (χ1n) is 10.2. The van der Waals surface area contributed by atoms with Crippen LogP contribution in [0, 0.1) is 18.3 Å². The number of carbonyl (C=O) groups is 1. The average Bonchev–Trinajstić information content (AvgIpc) is 2.82. The topological polar surface area (TPSA) is 134 Å². The second-order valence-corrected chi connectivity index (χ2v) is 8.21. The zero-order valence-electron chi connectivity index (χ0n) is 18.5. The van der Waals surface area contributed by atoms with Gasteiger partial charge >= 0.3 is 5.97 Å². The predicted octanol–water partition coefficient (Wildman–Crippen LogP) is 4.10. The molecule has 34 heavy (non-hydrogen) atoms. The summed E-state index contributed by atoms with van der Waals surface area (Å²) in [7, 11) is 1.62. The Morgan fingerprint density at radius 2 is 2.00 bits per heavy atom. The van der Waals surface area contributed by atoms with Gasteiger partial charge in [0.15, 0.2) is 5.69 Å². The minimum Gasteiger partial charge on any atom is -0.476 e. The van der Waals surface area contributed by atoms with Crippen LogP contribution in [-0.2, 0) is 7.05 Å². The Hall–Kier alpha value is -4.29. The highest BCUT2D eigenvalue weighted by atomic mass is 35.5. The number of aryl methyl sites for hydroxylation is 1. The summed E-state index contributed by atoms with van der Waals surface area (Å²) in [5, 5.41) is 22.4. The molecule has 0 aliphatic heterocycles. The first kappa shape index (κ1) is 22.9. The maximum Gasteiger partial charge on any atom is 0.356 e. The van der Waals surface area contributed by atoms with Gasteiger partial charge in [0.25, 0.3) is 5.56 Å². The standard InChI is InChI=1S/C24H19ClN6O3/c1-12-6-16(13(2)28-18-4-5-19(25)29-21(18)24(33)34)20-17(7-12)23(32)31(3)22(30-20)15-8-14(9-26)10-27-11-15/h4-8,10-11,13,28H,1-3H3,(H,33,34). The van der Waals surface area contributed by atoms with E-state index in [4.69, 9.17) is 16.6 Å². The van der Waals surface area contributed by atoms with Gasteiger partial charge < -0.3 is 10.4 Å². The van der Waals surface area contributed by atoms with Gasteiger partial charge in [0, 0.05) is 30.6 Å². The zero-order valence-corrected chi connectivity index (χ0v) is 19.3. The van der Waals surface area contributed by atoms with Crippen molar-refractivity contribution in [3.8, 4) is 17.5 Å². The molecule has 1 aromatic carbocycles. The fourth-order valence-electron chi connectivity index (χ4n) is 3.79. The quantitative estimate of drug-likeness (QED) is 0.413. The Labute approximate surface area is 199 Å². The van der Waals surface area contributed by atoms with Gasteiger partial charge in [0.05, 0.1) is 28.2 Å². The Balaban J connectivity index is 1.90. The second kappa shape index (κ2) is 8.92. The lowest BCUT2D eigenvalue weighted by Crippen LogP contribution is -2.22. The average molecular weight is 475 g/mol. The summed E-state index contributed by atoms with van der Waals surface area (Å²) in [5.41, 5.74) is 2.72. The number of fused-ring (bicyclic) bond motifs is 1. The molecule has 4 rings (SSSR count). The molecule has 0 bridgehead atoms. The van der Waals surface area contributed by atoms with E-state index in [-0.39, 0.29) is 22.1 Å². The highest BCUT2D eigenvalue weighted by Gasteiger charge is 2.20. The lowest BCUT2D eigenvalue weighted by Gasteiger charge is -2.20. The highest BCUT2D eigenvalue weighted by Crippen LogP contribution is 2.29. The number of aromatic carboxylic acids is 1. The maximum atomic E-state index is 13.3. The number of nitrogens with zero attached hydrogens (tertiary/aromatic N) is 5. The molecule has 9 nitrogen and oxygen atoms in total. The van der Waals surface area contributed by atoms with E-state index in [2.05, 4.69) is 15.3 Å². The van der Waals surface area contributed by atoms with Crippen molar-refractivity contribution in [3.63, 3.8) is 0 Å². The smallest absolute Gasteiger partial charge is 0.356 e. The van der Waals surface area contributed by atoms with Crippen LogP contribution >= 0.6 is 11.6 Å². The number of nitrogens with one attached hydrogen (secondary N) is 1. The Kier molecular flexibility index (Phi) is 6.01. The summed E-state index contributed by atoms with van der Waals surface area (Å²) < 4.78 is 1.42. The van der Waals surface area contributed by atoms with E-state index in [0.29, 0.717) is 33.4 Å². The van der Waals surface area contributed by atoms with Crippen molar-refractivity contribution < 1.29 is 9.90 Å². The number of carboxylic acids is 1. The number of benzene rings is 1. The first-order chi connectivity index (χ1) is 16.2. The van der Waals surface area contributed by atoms with Crippen molar-refractivity contribution in [3.05, 3.63) is 80.6 Å². The van der Waals surface area contributed by atoms with Crippen LogP contribution in [0.25, 0.3) is 22.3 Å². The summed E-state index contributed by atoms with van der Waals surface area (Å²) in [6, 6.07) is 9.93. The van der Waals surface area contributed by atoms with Crippen LogP contribution in [0.2, 0.25) is 5.15 Å². The monoisotopic (exact) mass is 474 g/mol. The number of anilines is 1. The molecule has 0 saturated carbocycles. The van der Waals surface area contributed by atoms with Crippen molar-refractivity contribution in [2.45, 2.75) is 19.9 Å². The van der Waals surface area contributed by atoms with Crippen LogP contribution in [0.5, 0.6) is 0 Å². The molecule has 0 amide bonds. The molecule has 10 heteroatoms. The van der Waals surface area contributed by atoms with Crippen molar-refractivity contribution in [2.75, 3.05) is 5.32 Å². The third-order valence-corrected chi connectivity index (χ3v) is 5.59. The SMILES string of the molecule is Cc1cc(C(C)Nc2ccc(Cl)nc2C(=O)O)c2nc(-c3cncc(C#N)c3)n(C)c(=O)c2c1. The number of hydrogen-bond acceptors (Lipinski definition) is 7. The van der Waals surface area contributed by atoms with Gasteiger partial charge in [-0.25, -0.2) is 14.8 Å². The molecule has 0 aliphatic rings. The van der Waals surface area contributed by atoms with Crippen LogP contribution in [0.1, 0.15) is 40.1 Å². The van der Waals surface area contributed by atoms with Crippen LogP contribution < -0.4 is 10.9 Å². The molecule has 2 N–H and O–H groups in total. The summed E-state index contributed by atoms with van der Waals surface area (Å²) in [6.45, 7) is 3.71. The van der Waals surface area contributed by atoms with Crippen molar-refractivity contribution >= 4 is 34.2 Å². The van der Waals surface area contributed by atoms with Gasteiger partial charge in [-0.3, -0.25) is 14.3 Å². The fourth-order valence-corrected chi connectivity index (χ4v) is 3.94. The maximum absolute atomic E-state index is 13.3. The van der Waals surface area contributed by atoms with Gasteiger partial charge in [0.1, 0.15) is 17.0 Å². The third-order valence-electron chi connectivity index (χ3n) is 5.38. The number of carboxylic acid groups (broad SMARTS) is 1. The molecule has 4 aromatic rings. The third kappa shape index (κ3) is 4.19. The van der Waals surface area contributed by atoms with Crippen molar-refractivity contribution in [1.29, 1.82) is 5.26 Å². The first-order valence-corrected chi connectivity index (χ1v) is 10.6. The number of nitriles is 1. The Morgan fingerprint density at radius 1 is 1.24 bits per heavy atom. The molecule has 3 heterocycles. The number of hydrogen-bond donors (Lipinski definition) is 2. The molecule has 1 unspecified atom stereocenters. The van der Waals surface area contributed by atoms with Crippen LogP contribution in [0.3, 0.4) is 0 Å². The van der Waals surface area contributed by atoms with E-state index in [1.165, 1.54) is 16.8 Å². The van der Waals surface area contributed by atoms with E-state index in [0.717, 1.165) is 5.56 Å². The van der Waals surface area contributed by atoms with Gasteiger partial charge in [-0.2, -0.15) is 5.26 Å². The van der Waals surface area contributed by atoms with E-state index >= 15 is 0 Å². The molecule has 0 fully saturated rings. The van der Waals surface area contributed by atoms with Gasteiger partial charge in [-0.05, 0) is 43.7 Å². The summed E-state index contributed by atoms with van der Waals surface area (Å²) >= 11 is 5.87. The lowest BCUT2D eigenvalue weighted by molar-refractivity contribution is 0.0691. The molecular weight excluding hydrogens is 456 g/mol. The lowest BCUT2D eigenvalue weighted by atomic mass is 10.0. The molecule has 0 saturated heterocycles. The van der Waals surface area contributed by atoms with E-state index in [1.807, 2.05) is 26.0 Å². The normalized spacial score (nSPS) is 11.7. The Morgan fingerprint density at radius 3 is 2.71 bits per heavy atom.